The fraction of sp³-hybridized carbons (Fsp3) is 0.417. The van der Waals surface area contributed by atoms with Gasteiger partial charge in [0.15, 0.2) is 0 Å². The Bertz CT molecular complexity index is 349. The number of fused-ring (bicyclic) bond motifs is 1. The summed E-state index contributed by atoms with van der Waals surface area (Å²) in [5, 5.41) is 0. The van der Waals surface area contributed by atoms with Gasteiger partial charge in [0.25, 0.3) is 0 Å². The molecule has 0 N–H and O–H groups in total. The normalized spacial score (nSPS) is 17.9. The average molecular weight is 229 g/mol. The Hall–Kier alpha value is 0.326. The van der Waals surface area contributed by atoms with E-state index in [9.17, 15) is 4.79 Å². The maximum absolute atomic E-state index is 11.4. The van der Waals surface area contributed by atoms with Crippen molar-refractivity contribution in [1.29, 1.82) is 0 Å². The van der Waals surface area contributed by atoms with Crippen LogP contribution < -0.4 is 0 Å². The molecule has 1 aromatic carbocycles. The molecule has 1 aliphatic rings. The van der Waals surface area contributed by atoms with E-state index in [4.69, 9.17) is 4.74 Å². The minimum absolute atomic E-state index is 0. The minimum Gasteiger partial charge on any atom is -0.454 e. The quantitative estimate of drug-likeness (QED) is 0.588. The van der Waals surface area contributed by atoms with Crippen molar-refractivity contribution in [3.8, 4) is 0 Å². The summed E-state index contributed by atoms with van der Waals surface area (Å²) in [4.78, 5) is 11.4. The van der Waals surface area contributed by atoms with E-state index in [0.29, 0.717) is 0 Å². The zero-order valence-corrected chi connectivity index (χ0v) is 12.4. The van der Waals surface area contributed by atoms with Crippen LogP contribution in [0.15, 0.2) is 24.3 Å². The summed E-state index contributed by atoms with van der Waals surface area (Å²) in [5.74, 6) is -0.165. The molecule has 0 saturated carbocycles. The van der Waals surface area contributed by atoms with Gasteiger partial charge in [-0.3, -0.25) is 0 Å². The van der Waals surface area contributed by atoms with Gasteiger partial charge < -0.3 is 4.74 Å². The van der Waals surface area contributed by atoms with Gasteiger partial charge in [0, 0.05) is 56.9 Å². The summed E-state index contributed by atoms with van der Waals surface area (Å²) in [6, 6.07) is 7.66. The fourth-order valence-electron chi connectivity index (χ4n) is 1.82. The first kappa shape index (κ1) is 13.4. The predicted molar refractivity (Wildman–Crippen MR) is 59.9 cm³/mol. The zero-order valence-electron chi connectivity index (χ0n) is 9.32. The number of carbonyl (C=O) groups excluding carboxylic acids is 1. The first-order chi connectivity index (χ1) is 6.83. The molecule has 0 fully saturated rings. The van der Waals surface area contributed by atoms with Crippen molar-refractivity contribution in [3.05, 3.63) is 35.4 Å². The van der Waals surface area contributed by atoms with Crippen LogP contribution in [0.1, 0.15) is 48.2 Å². The van der Waals surface area contributed by atoms with Gasteiger partial charge >= 0.3 is 5.97 Å². The number of unbranched alkanes of at least 4 members (excludes halogenated alkanes) is 1. The molecule has 3 heteroatoms. The van der Waals surface area contributed by atoms with Gasteiger partial charge in [-0.25, -0.2) is 4.79 Å². The van der Waals surface area contributed by atoms with Gasteiger partial charge in [0.2, 0.25) is 0 Å². The van der Waals surface area contributed by atoms with Gasteiger partial charge in [-0.2, -0.15) is 0 Å². The fourth-order valence-corrected chi connectivity index (χ4v) is 1.82. The molecule has 1 atom stereocenters. The Kier molecular flexibility index (Phi) is 5.50. The van der Waals surface area contributed by atoms with Crippen LogP contribution in [0.2, 0.25) is 0 Å². The van der Waals surface area contributed by atoms with E-state index in [1.54, 1.807) is 0 Å². The van der Waals surface area contributed by atoms with Crippen LogP contribution in [0.3, 0.4) is 0 Å². The maximum atomic E-state index is 11.4. The molecule has 2 rings (SSSR count). The number of cyclic esters (lactones) is 1. The van der Waals surface area contributed by atoms with Crippen molar-refractivity contribution in [2.24, 2.45) is 0 Å². The zero-order chi connectivity index (χ0) is 9.97. The molecule has 1 heterocycles. The first-order valence-corrected chi connectivity index (χ1v) is 5.13. The van der Waals surface area contributed by atoms with Gasteiger partial charge in [-0.1, -0.05) is 31.5 Å². The van der Waals surface area contributed by atoms with Crippen molar-refractivity contribution in [2.45, 2.75) is 32.3 Å². The van der Waals surface area contributed by atoms with Crippen molar-refractivity contribution < 1.29 is 9.53 Å². The summed E-state index contributed by atoms with van der Waals surface area (Å²) in [7, 11) is 0. The molecular weight excluding hydrogens is 215 g/mol. The van der Waals surface area contributed by atoms with Crippen LogP contribution in [-0.2, 0) is 4.74 Å². The van der Waals surface area contributed by atoms with Crippen molar-refractivity contribution >= 4 is 57.4 Å². The maximum Gasteiger partial charge on any atom is 0.339 e. The summed E-state index contributed by atoms with van der Waals surface area (Å²) in [5.41, 5.74) is 1.81. The second kappa shape index (κ2) is 6.16. The molecule has 0 aliphatic carbocycles. The number of hydrogen-bond acceptors (Lipinski definition) is 2. The monoisotopic (exact) mass is 229 g/mol. The number of rotatable bonds is 3. The van der Waals surface area contributed by atoms with Gasteiger partial charge in [-0.15, -0.1) is 0 Å². The third-order valence-electron chi connectivity index (χ3n) is 2.60. The topological polar surface area (TPSA) is 26.3 Å². The molecule has 75 valence electrons. The third kappa shape index (κ3) is 2.92. The largest absolute Gasteiger partial charge is 0.454 e. The second-order valence-electron chi connectivity index (χ2n) is 3.62. The number of hydrogen-bond donors (Lipinski definition) is 0. The van der Waals surface area contributed by atoms with Crippen LogP contribution in [-0.4, -0.2) is 57.4 Å². The summed E-state index contributed by atoms with van der Waals surface area (Å²) >= 11 is 0. The number of carbonyl (C=O) groups is 1. The second-order valence-corrected chi connectivity index (χ2v) is 3.62. The molecule has 0 spiro atoms. The number of ether oxygens (including phenoxy) is 1. The average Bonchev–Trinajstić information content (AvgIpc) is 2.54. The first-order valence-electron chi connectivity index (χ1n) is 5.13. The number of esters is 1. The van der Waals surface area contributed by atoms with Crippen molar-refractivity contribution in [3.63, 3.8) is 0 Å². The molecule has 2 nitrogen and oxygen atoms in total. The van der Waals surface area contributed by atoms with Crippen LogP contribution >= 0.6 is 0 Å². The Balaban J connectivity index is 0.00000112. The Morgan fingerprint density at radius 3 is 2.80 bits per heavy atom. The smallest absolute Gasteiger partial charge is 0.339 e. The van der Waals surface area contributed by atoms with Crippen LogP contribution in [0, 0.1) is 0 Å². The minimum atomic E-state index is -0.165. The molecule has 0 saturated heterocycles. The van der Waals surface area contributed by atoms with E-state index >= 15 is 0 Å². The molecule has 1 aromatic rings. The Morgan fingerprint density at radius 1 is 1.33 bits per heavy atom. The molecule has 1 aliphatic heterocycles. The van der Waals surface area contributed by atoms with E-state index in [1.165, 1.54) is 0 Å². The number of benzene rings is 1. The van der Waals surface area contributed by atoms with Crippen molar-refractivity contribution in [2.75, 3.05) is 0 Å². The van der Waals surface area contributed by atoms with Crippen LogP contribution in [0.4, 0.5) is 0 Å². The van der Waals surface area contributed by atoms with Crippen LogP contribution in [0.5, 0.6) is 0 Å². The van der Waals surface area contributed by atoms with Gasteiger partial charge in [0.1, 0.15) is 6.10 Å². The van der Waals surface area contributed by atoms with Gasteiger partial charge in [0.05, 0.1) is 5.56 Å². The molecule has 0 bridgehead atoms. The van der Waals surface area contributed by atoms with E-state index < -0.39 is 0 Å². The van der Waals surface area contributed by atoms with Gasteiger partial charge in [-0.05, 0) is 18.9 Å². The van der Waals surface area contributed by atoms with Crippen LogP contribution in [0.25, 0.3) is 0 Å². The molecule has 15 heavy (non-hydrogen) atoms. The molecule has 0 aromatic heterocycles. The SMILES string of the molecule is CCCCC1OC(=O)c2ccccc21.[K]. The van der Waals surface area contributed by atoms with E-state index in [1.807, 2.05) is 24.3 Å². The third-order valence-corrected chi connectivity index (χ3v) is 2.60. The summed E-state index contributed by atoms with van der Waals surface area (Å²) in [6.07, 6.45) is 3.18. The Morgan fingerprint density at radius 2 is 2.07 bits per heavy atom. The molecule has 1 radical (unpaired) electrons. The standard InChI is InChI=1S/C12H14O2.K/c1-2-3-8-11-9-6-4-5-7-10(9)12(13)14-11;/h4-7,11H,2-3,8H2,1H3;. The van der Waals surface area contributed by atoms with E-state index in [0.717, 1.165) is 30.4 Å². The summed E-state index contributed by atoms with van der Waals surface area (Å²) < 4.78 is 5.29. The molecular formula is C12H14KO2. The van der Waals surface area contributed by atoms with Crippen molar-refractivity contribution in [1.82, 2.24) is 0 Å². The van der Waals surface area contributed by atoms with E-state index in [2.05, 4.69) is 6.92 Å². The van der Waals surface area contributed by atoms with E-state index in [-0.39, 0.29) is 63.5 Å². The predicted octanol–water partition coefficient (Wildman–Crippen LogP) is 2.71. The molecule has 1 unspecified atom stereocenters. The Labute approximate surface area is 133 Å². The summed E-state index contributed by atoms with van der Waals surface area (Å²) in [6.45, 7) is 2.14. The molecule has 0 amide bonds.